The summed E-state index contributed by atoms with van der Waals surface area (Å²) in [7, 11) is 3.40. The minimum atomic E-state index is 0.515. The molecule has 1 N–H and O–H groups in total. The molecule has 1 unspecified atom stereocenters. The third kappa shape index (κ3) is 2.78. The van der Waals surface area contributed by atoms with Gasteiger partial charge in [0.25, 0.3) is 0 Å². The number of anilines is 1. The number of nitrogens with one attached hydrogen (secondary N) is 1. The Bertz CT molecular complexity index is 446. The molecule has 1 aromatic rings. The van der Waals surface area contributed by atoms with E-state index in [2.05, 4.69) is 10.2 Å². The Labute approximate surface area is 114 Å². The van der Waals surface area contributed by atoms with Gasteiger partial charge in [0.05, 0.1) is 19.9 Å². The summed E-state index contributed by atoms with van der Waals surface area (Å²) in [6.07, 6.45) is 3.97. The highest BCUT2D eigenvalue weighted by Crippen LogP contribution is 2.33. The van der Waals surface area contributed by atoms with E-state index < -0.39 is 0 Å². The highest BCUT2D eigenvalue weighted by atomic mass is 16.5. The van der Waals surface area contributed by atoms with E-state index in [9.17, 15) is 0 Å². The van der Waals surface area contributed by atoms with Crippen LogP contribution in [0.25, 0.3) is 0 Å². The fourth-order valence-electron chi connectivity index (χ4n) is 2.82. The summed E-state index contributed by atoms with van der Waals surface area (Å²) in [5.41, 5.74) is 1.03. The monoisotopic (exact) mass is 262 g/mol. The van der Waals surface area contributed by atoms with Crippen LogP contribution in [0.1, 0.15) is 19.3 Å². The number of ether oxygens (including phenoxy) is 2. The molecule has 2 aliphatic rings. The molecule has 1 aromatic carbocycles. The zero-order chi connectivity index (χ0) is 13.2. The maximum Gasteiger partial charge on any atom is 0.142 e. The van der Waals surface area contributed by atoms with Crippen LogP contribution in [0, 0.1) is 0 Å². The summed E-state index contributed by atoms with van der Waals surface area (Å²) < 4.78 is 10.7. The second-order valence-electron chi connectivity index (χ2n) is 5.42. The van der Waals surface area contributed by atoms with Crippen molar-refractivity contribution < 1.29 is 9.47 Å². The Morgan fingerprint density at radius 2 is 2.00 bits per heavy atom. The molecule has 1 saturated carbocycles. The molecule has 4 heteroatoms. The smallest absolute Gasteiger partial charge is 0.142 e. The molecule has 2 fully saturated rings. The van der Waals surface area contributed by atoms with E-state index in [1.165, 1.54) is 25.8 Å². The highest BCUT2D eigenvalue weighted by Gasteiger charge is 2.34. The van der Waals surface area contributed by atoms with Crippen molar-refractivity contribution in [1.29, 1.82) is 0 Å². The van der Waals surface area contributed by atoms with Crippen LogP contribution in [0.5, 0.6) is 11.5 Å². The normalized spacial score (nSPS) is 23.4. The third-order valence-electron chi connectivity index (χ3n) is 4.05. The number of hydrogen-bond acceptors (Lipinski definition) is 4. The number of rotatable bonds is 5. The van der Waals surface area contributed by atoms with Crippen LogP contribution in [-0.2, 0) is 0 Å². The molecule has 0 amide bonds. The second-order valence-corrected chi connectivity index (χ2v) is 5.42. The summed E-state index contributed by atoms with van der Waals surface area (Å²) >= 11 is 0. The van der Waals surface area contributed by atoms with Gasteiger partial charge in [-0.25, -0.2) is 0 Å². The topological polar surface area (TPSA) is 33.7 Å². The van der Waals surface area contributed by atoms with Gasteiger partial charge in [-0.15, -0.1) is 0 Å². The molecular formula is C15H22N2O2. The van der Waals surface area contributed by atoms with E-state index in [4.69, 9.17) is 9.47 Å². The van der Waals surface area contributed by atoms with Gasteiger partial charge in [0.2, 0.25) is 0 Å². The first-order valence-electron chi connectivity index (χ1n) is 7.03. The van der Waals surface area contributed by atoms with Crippen LogP contribution in [0.4, 0.5) is 5.69 Å². The molecule has 19 heavy (non-hydrogen) atoms. The summed E-state index contributed by atoms with van der Waals surface area (Å²) in [5, 5.41) is 3.60. The molecule has 0 bridgehead atoms. The van der Waals surface area contributed by atoms with Gasteiger partial charge < -0.3 is 14.8 Å². The first-order valence-corrected chi connectivity index (χ1v) is 7.03. The first-order chi connectivity index (χ1) is 9.30. The van der Waals surface area contributed by atoms with Crippen LogP contribution in [0.2, 0.25) is 0 Å². The lowest BCUT2D eigenvalue weighted by Crippen LogP contribution is -2.27. The number of benzene rings is 1. The van der Waals surface area contributed by atoms with E-state index in [-0.39, 0.29) is 0 Å². The number of methoxy groups -OCH3 is 2. The van der Waals surface area contributed by atoms with Crippen molar-refractivity contribution in [3.63, 3.8) is 0 Å². The quantitative estimate of drug-likeness (QED) is 0.883. The maximum atomic E-state index is 5.41. The van der Waals surface area contributed by atoms with E-state index in [0.29, 0.717) is 6.04 Å². The zero-order valence-corrected chi connectivity index (χ0v) is 11.7. The van der Waals surface area contributed by atoms with Crippen LogP contribution in [0.15, 0.2) is 18.2 Å². The largest absolute Gasteiger partial charge is 0.497 e. The van der Waals surface area contributed by atoms with Crippen LogP contribution in [0.3, 0.4) is 0 Å². The Balaban J connectivity index is 1.68. The van der Waals surface area contributed by atoms with Crippen molar-refractivity contribution in [2.45, 2.75) is 31.3 Å². The van der Waals surface area contributed by atoms with Crippen molar-refractivity contribution in [1.82, 2.24) is 4.90 Å². The Morgan fingerprint density at radius 3 is 2.68 bits per heavy atom. The Morgan fingerprint density at radius 1 is 1.16 bits per heavy atom. The standard InChI is InChI=1S/C15H22N2O2/c1-18-13-5-6-15(19-2)14(9-13)16-11-7-8-17(10-11)12-3-4-12/h5-6,9,11-12,16H,3-4,7-8,10H2,1-2H3. The van der Waals surface area contributed by atoms with Crippen molar-refractivity contribution in [3.8, 4) is 11.5 Å². The van der Waals surface area contributed by atoms with Gasteiger partial charge in [-0.05, 0) is 31.4 Å². The van der Waals surface area contributed by atoms with Crippen molar-refractivity contribution in [2.75, 3.05) is 32.6 Å². The molecule has 0 radical (unpaired) electrons. The van der Waals surface area contributed by atoms with E-state index in [0.717, 1.165) is 29.8 Å². The Hall–Kier alpha value is -1.42. The van der Waals surface area contributed by atoms with Crippen LogP contribution >= 0.6 is 0 Å². The number of hydrogen-bond donors (Lipinski definition) is 1. The third-order valence-corrected chi connectivity index (χ3v) is 4.05. The summed E-state index contributed by atoms with van der Waals surface area (Å²) in [6, 6.07) is 7.27. The minimum absolute atomic E-state index is 0.515. The van der Waals surface area contributed by atoms with Gasteiger partial charge >= 0.3 is 0 Å². The molecule has 1 atom stereocenters. The predicted molar refractivity (Wildman–Crippen MR) is 76.2 cm³/mol. The predicted octanol–water partition coefficient (Wildman–Crippen LogP) is 2.35. The molecule has 1 aliphatic carbocycles. The molecule has 1 aliphatic heterocycles. The fraction of sp³-hybridized carbons (Fsp3) is 0.600. The van der Waals surface area contributed by atoms with Gasteiger partial charge in [0.15, 0.2) is 0 Å². The fourth-order valence-corrected chi connectivity index (χ4v) is 2.82. The number of nitrogens with zero attached hydrogens (tertiary/aromatic N) is 1. The van der Waals surface area contributed by atoms with E-state index >= 15 is 0 Å². The average Bonchev–Trinajstić information content (AvgIpc) is 3.19. The van der Waals surface area contributed by atoms with E-state index in [1.807, 2.05) is 18.2 Å². The SMILES string of the molecule is COc1ccc(OC)c(NC2CCN(C3CC3)C2)c1. The second kappa shape index (κ2) is 5.29. The lowest BCUT2D eigenvalue weighted by molar-refractivity contribution is 0.326. The molecule has 0 aromatic heterocycles. The first kappa shape index (κ1) is 12.6. The molecular weight excluding hydrogens is 240 g/mol. The molecule has 3 rings (SSSR count). The average molecular weight is 262 g/mol. The van der Waals surface area contributed by atoms with Gasteiger partial charge in [0.1, 0.15) is 11.5 Å². The van der Waals surface area contributed by atoms with Crippen LogP contribution in [-0.4, -0.2) is 44.3 Å². The molecule has 1 heterocycles. The minimum Gasteiger partial charge on any atom is -0.497 e. The van der Waals surface area contributed by atoms with Gasteiger partial charge in [0, 0.05) is 31.2 Å². The highest BCUT2D eigenvalue weighted by molar-refractivity contribution is 5.60. The lowest BCUT2D eigenvalue weighted by Gasteiger charge is -2.18. The molecule has 104 valence electrons. The number of likely N-dealkylation sites (tertiary alicyclic amines) is 1. The van der Waals surface area contributed by atoms with Gasteiger partial charge in [-0.1, -0.05) is 0 Å². The zero-order valence-electron chi connectivity index (χ0n) is 11.7. The summed E-state index contributed by atoms with van der Waals surface area (Å²) in [6.45, 7) is 2.36. The van der Waals surface area contributed by atoms with E-state index in [1.54, 1.807) is 14.2 Å². The Kier molecular flexibility index (Phi) is 3.51. The summed E-state index contributed by atoms with van der Waals surface area (Å²) in [5.74, 6) is 1.74. The van der Waals surface area contributed by atoms with Crippen molar-refractivity contribution in [3.05, 3.63) is 18.2 Å². The molecule has 0 spiro atoms. The summed E-state index contributed by atoms with van der Waals surface area (Å²) in [4.78, 5) is 2.60. The van der Waals surface area contributed by atoms with Gasteiger partial charge in [-0.2, -0.15) is 0 Å². The van der Waals surface area contributed by atoms with Crippen molar-refractivity contribution >= 4 is 5.69 Å². The maximum absolute atomic E-state index is 5.41. The molecule has 1 saturated heterocycles. The lowest BCUT2D eigenvalue weighted by atomic mass is 10.2. The molecule has 4 nitrogen and oxygen atoms in total. The van der Waals surface area contributed by atoms with Crippen molar-refractivity contribution in [2.24, 2.45) is 0 Å². The van der Waals surface area contributed by atoms with Crippen LogP contribution < -0.4 is 14.8 Å². The van der Waals surface area contributed by atoms with Gasteiger partial charge in [-0.3, -0.25) is 4.90 Å².